The van der Waals surface area contributed by atoms with Crippen molar-refractivity contribution < 1.29 is 9.90 Å². The second kappa shape index (κ2) is 5.50. The molecule has 0 bridgehead atoms. The molecule has 6 nitrogen and oxygen atoms in total. The number of carbonyl (C=O) groups excluding carboxylic acids is 1. The maximum Gasteiger partial charge on any atom is 0.263 e. The van der Waals surface area contributed by atoms with Crippen molar-refractivity contribution in [1.29, 1.82) is 0 Å². The number of aromatic nitrogens is 2. The molecule has 2 heterocycles. The zero-order valence-electron chi connectivity index (χ0n) is 10.8. The van der Waals surface area contributed by atoms with Gasteiger partial charge in [-0.2, -0.15) is 5.10 Å². The molecule has 2 rings (SSSR count). The summed E-state index contributed by atoms with van der Waals surface area (Å²) in [5.41, 5.74) is 6.38. The first kappa shape index (κ1) is 13.7. The van der Waals surface area contributed by atoms with Crippen molar-refractivity contribution in [3.8, 4) is 0 Å². The summed E-state index contributed by atoms with van der Waals surface area (Å²) < 4.78 is 0. The normalized spacial score (nSPS) is 14.3. The van der Waals surface area contributed by atoms with Crippen LogP contribution in [0.3, 0.4) is 0 Å². The molecular weight excluding hydrogens is 264 g/mol. The molecule has 0 aliphatic heterocycles. The van der Waals surface area contributed by atoms with Crippen LogP contribution in [-0.2, 0) is 0 Å². The van der Waals surface area contributed by atoms with E-state index in [9.17, 15) is 4.79 Å². The Hall–Kier alpha value is -1.73. The van der Waals surface area contributed by atoms with E-state index in [0.717, 1.165) is 5.39 Å². The van der Waals surface area contributed by atoms with Crippen molar-refractivity contribution in [2.24, 2.45) is 5.92 Å². The number of nitrogens with zero attached hydrogens (tertiary/aromatic N) is 2. The fraction of sp³-hybridized carbons (Fsp3) is 0.417. The van der Waals surface area contributed by atoms with Crippen molar-refractivity contribution in [2.45, 2.75) is 19.9 Å². The van der Waals surface area contributed by atoms with Crippen LogP contribution in [0.25, 0.3) is 10.2 Å². The molecule has 0 fully saturated rings. The predicted octanol–water partition coefficient (Wildman–Crippen LogP) is 1.02. The lowest BCUT2D eigenvalue weighted by Crippen LogP contribution is -2.38. The Labute approximate surface area is 114 Å². The van der Waals surface area contributed by atoms with Crippen molar-refractivity contribution in [3.05, 3.63) is 17.1 Å². The molecule has 0 aliphatic rings. The Morgan fingerprint density at radius 1 is 1.58 bits per heavy atom. The van der Waals surface area contributed by atoms with Crippen molar-refractivity contribution in [3.63, 3.8) is 0 Å². The van der Waals surface area contributed by atoms with Gasteiger partial charge >= 0.3 is 0 Å². The van der Waals surface area contributed by atoms with Crippen LogP contribution < -0.4 is 11.1 Å². The van der Waals surface area contributed by atoms with Crippen molar-refractivity contribution in [2.75, 3.05) is 12.3 Å². The Balaban J connectivity index is 2.24. The Morgan fingerprint density at radius 3 is 2.95 bits per heavy atom. The molecular formula is C12H16N4O2S. The van der Waals surface area contributed by atoms with Gasteiger partial charge in [0, 0.05) is 18.0 Å². The Kier molecular flexibility index (Phi) is 3.96. The minimum absolute atomic E-state index is 0.0145. The molecule has 0 spiro atoms. The van der Waals surface area contributed by atoms with Crippen LogP contribution in [0.5, 0.6) is 0 Å². The summed E-state index contributed by atoms with van der Waals surface area (Å²) >= 11 is 1.22. The average molecular weight is 280 g/mol. The van der Waals surface area contributed by atoms with Gasteiger partial charge in [-0.25, -0.2) is 0 Å². The molecule has 2 aromatic heterocycles. The summed E-state index contributed by atoms with van der Waals surface area (Å²) in [5.74, 6) is -0.257. The highest BCUT2D eigenvalue weighted by molar-refractivity contribution is 7.21. The zero-order valence-corrected chi connectivity index (χ0v) is 11.6. The van der Waals surface area contributed by atoms with Crippen molar-refractivity contribution in [1.82, 2.24) is 15.5 Å². The second-order valence-electron chi connectivity index (χ2n) is 4.52. The number of nitrogens with two attached hydrogens (primary N) is 1. The smallest absolute Gasteiger partial charge is 0.263 e. The number of rotatable bonds is 4. The SMILES string of the molecule is CC(CO)C(C)NC(=O)c1sc2nnccc2c1N. The summed E-state index contributed by atoms with van der Waals surface area (Å²) in [6.45, 7) is 3.74. The minimum atomic E-state index is -0.242. The molecule has 0 saturated heterocycles. The Bertz CT molecular complexity index is 598. The summed E-state index contributed by atoms with van der Waals surface area (Å²) in [5, 5.41) is 20.4. The maximum absolute atomic E-state index is 12.2. The van der Waals surface area contributed by atoms with Crippen LogP contribution in [0.2, 0.25) is 0 Å². The lowest BCUT2D eigenvalue weighted by atomic mass is 10.1. The van der Waals surface area contributed by atoms with Gasteiger partial charge in [-0.1, -0.05) is 6.92 Å². The lowest BCUT2D eigenvalue weighted by molar-refractivity contribution is 0.0921. The average Bonchev–Trinajstić information content (AvgIpc) is 2.75. The molecule has 0 radical (unpaired) electrons. The van der Waals surface area contributed by atoms with E-state index in [1.165, 1.54) is 11.3 Å². The van der Waals surface area contributed by atoms with Gasteiger partial charge in [-0.3, -0.25) is 4.79 Å². The highest BCUT2D eigenvalue weighted by atomic mass is 32.1. The number of hydrogen-bond acceptors (Lipinski definition) is 6. The molecule has 0 aromatic carbocycles. The van der Waals surface area contributed by atoms with Gasteiger partial charge < -0.3 is 16.2 Å². The number of carbonyl (C=O) groups is 1. The molecule has 7 heteroatoms. The predicted molar refractivity (Wildman–Crippen MR) is 75.0 cm³/mol. The van der Waals surface area contributed by atoms with E-state index < -0.39 is 0 Å². The van der Waals surface area contributed by atoms with Crippen LogP contribution in [0, 0.1) is 5.92 Å². The molecule has 0 saturated carbocycles. The van der Waals surface area contributed by atoms with Crippen molar-refractivity contribution >= 4 is 33.1 Å². The van der Waals surface area contributed by atoms with Gasteiger partial charge in [0.2, 0.25) is 0 Å². The first-order valence-electron chi connectivity index (χ1n) is 5.96. The monoisotopic (exact) mass is 280 g/mol. The number of nitrogen functional groups attached to an aromatic ring is 1. The second-order valence-corrected chi connectivity index (χ2v) is 5.52. The third kappa shape index (κ3) is 2.66. The van der Waals surface area contributed by atoms with Crippen LogP contribution >= 0.6 is 11.3 Å². The highest BCUT2D eigenvalue weighted by Crippen LogP contribution is 2.31. The van der Waals surface area contributed by atoms with E-state index >= 15 is 0 Å². The standard InChI is InChI=1S/C12H16N4O2S/c1-6(5-17)7(2)15-11(18)10-9(13)8-3-4-14-16-12(8)19-10/h3-4,6-7,17H,5,13H2,1-2H3,(H,15,18). The van der Waals surface area contributed by atoms with Gasteiger partial charge in [0.1, 0.15) is 9.71 Å². The topological polar surface area (TPSA) is 101 Å². The fourth-order valence-electron chi connectivity index (χ4n) is 1.61. The number of nitrogens with one attached hydrogen (secondary N) is 1. The highest BCUT2D eigenvalue weighted by Gasteiger charge is 2.20. The van der Waals surface area contributed by atoms with Crippen LogP contribution in [-0.4, -0.2) is 33.9 Å². The van der Waals surface area contributed by atoms with Gasteiger partial charge in [0.05, 0.1) is 11.9 Å². The van der Waals surface area contributed by atoms with Crippen LogP contribution in [0.1, 0.15) is 23.5 Å². The van der Waals surface area contributed by atoms with Crippen LogP contribution in [0.4, 0.5) is 5.69 Å². The van der Waals surface area contributed by atoms with E-state index in [2.05, 4.69) is 15.5 Å². The van der Waals surface area contributed by atoms with E-state index in [-0.39, 0.29) is 24.5 Å². The number of anilines is 1. The quantitative estimate of drug-likeness (QED) is 0.776. The molecule has 2 atom stereocenters. The lowest BCUT2D eigenvalue weighted by Gasteiger charge is -2.18. The number of aliphatic hydroxyl groups is 1. The van der Waals surface area contributed by atoms with Gasteiger partial charge in [0.25, 0.3) is 5.91 Å². The Morgan fingerprint density at radius 2 is 2.32 bits per heavy atom. The molecule has 2 aromatic rings. The first-order valence-corrected chi connectivity index (χ1v) is 6.77. The third-order valence-corrected chi connectivity index (χ3v) is 4.23. The molecule has 1 amide bonds. The molecule has 0 aliphatic carbocycles. The number of aliphatic hydroxyl groups excluding tert-OH is 1. The minimum Gasteiger partial charge on any atom is -0.397 e. The van der Waals surface area contributed by atoms with E-state index in [1.54, 1.807) is 12.3 Å². The number of thiophene rings is 1. The molecule has 19 heavy (non-hydrogen) atoms. The summed E-state index contributed by atoms with van der Waals surface area (Å²) in [7, 11) is 0. The van der Waals surface area contributed by atoms with E-state index in [0.29, 0.717) is 15.4 Å². The molecule has 102 valence electrons. The summed E-state index contributed by atoms with van der Waals surface area (Å²) in [4.78, 5) is 13.2. The molecule has 2 unspecified atom stereocenters. The zero-order chi connectivity index (χ0) is 14.0. The number of fused-ring (bicyclic) bond motifs is 1. The molecule has 4 N–H and O–H groups in total. The third-order valence-electron chi connectivity index (χ3n) is 3.13. The van der Waals surface area contributed by atoms with E-state index in [1.807, 2.05) is 13.8 Å². The maximum atomic E-state index is 12.2. The van der Waals surface area contributed by atoms with Gasteiger partial charge in [-0.05, 0) is 18.9 Å². The van der Waals surface area contributed by atoms with Gasteiger partial charge in [0.15, 0.2) is 0 Å². The number of amides is 1. The van der Waals surface area contributed by atoms with Crippen LogP contribution in [0.15, 0.2) is 12.3 Å². The van der Waals surface area contributed by atoms with Gasteiger partial charge in [-0.15, -0.1) is 16.4 Å². The summed E-state index contributed by atoms with van der Waals surface area (Å²) in [6, 6.07) is 1.61. The largest absolute Gasteiger partial charge is 0.397 e. The summed E-state index contributed by atoms with van der Waals surface area (Å²) in [6.07, 6.45) is 1.55. The fourth-order valence-corrected chi connectivity index (χ4v) is 2.56. The number of hydrogen-bond donors (Lipinski definition) is 3. The van der Waals surface area contributed by atoms with E-state index in [4.69, 9.17) is 10.8 Å². The first-order chi connectivity index (χ1) is 9.04.